The molecule has 19 heavy (non-hydrogen) atoms. The maximum absolute atomic E-state index is 10.9. The molecule has 108 valence electrons. The fraction of sp³-hybridized carbons (Fsp3) is 0.800. The highest BCUT2D eigenvalue weighted by Crippen LogP contribution is 2.48. The number of nitrogens with zero attached hydrogens (tertiary/aromatic N) is 2. The van der Waals surface area contributed by atoms with E-state index in [0.29, 0.717) is 5.75 Å². The Morgan fingerprint density at radius 1 is 1.53 bits per heavy atom. The van der Waals surface area contributed by atoms with Crippen molar-refractivity contribution in [1.29, 1.82) is 0 Å². The first-order valence-electron chi connectivity index (χ1n) is 7.29. The van der Waals surface area contributed by atoms with Crippen LogP contribution in [-0.4, -0.2) is 22.0 Å². The molecular formula is C15H26N2O2. The molecule has 2 atom stereocenters. The maximum atomic E-state index is 10.9. The number of aromatic nitrogens is 2. The van der Waals surface area contributed by atoms with Crippen molar-refractivity contribution in [3.8, 4) is 5.75 Å². The average molecular weight is 266 g/mol. The Bertz CT molecular complexity index is 404. The van der Waals surface area contributed by atoms with Gasteiger partial charge < -0.3 is 9.84 Å². The SMILES string of the molecule is CCn1ncc(OC)c1C(O)C1CCCCC1(C)C. The molecule has 1 aromatic heterocycles. The zero-order valence-electron chi connectivity index (χ0n) is 12.5. The van der Waals surface area contributed by atoms with Crippen LogP contribution in [0.25, 0.3) is 0 Å². The number of aryl methyl sites for hydroxylation is 1. The molecule has 1 aliphatic rings. The van der Waals surface area contributed by atoms with Gasteiger partial charge in [0.15, 0.2) is 5.75 Å². The van der Waals surface area contributed by atoms with E-state index in [4.69, 9.17) is 4.74 Å². The quantitative estimate of drug-likeness (QED) is 0.910. The van der Waals surface area contributed by atoms with Crippen LogP contribution in [0.1, 0.15) is 58.3 Å². The first-order valence-corrected chi connectivity index (χ1v) is 7.29. The Morgan fingerprint density at radius 2 is 2.26 bits per heavy atom. The lowest BCUT2D eigenvalue weighted by Gasteiger charge is -2.41. The third-order valence-electron chi connectivity index (χ3n) is 4.62. The van der Waals surface area contributed by atoms with Crippen molar-refractivity contribution in [2.24, 2.45) is 11.3 Å². The number of hydrogen-bond donors (Lipinski definition) is 1. The predicted octanol–water partition coefficient (Wildman–Crippen LogP) is 3.16. The van der Waals surface area contributed by atoms with Crippen molar-refractivity contribution in [1.82, 2.24) is 9.78 Å². The van der Waals surface area contributed by atoms with Crippen LogP contribution >= 0.6 is 0 Å². The van der Waals surface area contributed by atoms with E-state index in [2.05, 4.69) is 18.9 Å². The molecule has 4 nitrogen and oxygen atoms in total. The number of aliphatic hydroxyl groups excluding tert-OH is 1. The summed E-state index contributed by atoms with van der Waals surface area (Å²) in [6, 6.07) is 0. The monoisotopic (exact) mass is 266 g/mol. The summed E-state index contributed by atoms with van der Waals surface area (Å²) in [7, 11) is 1.64. The molecule has 0 aliphatic heterocycles. The highest BCUT2D eigenvalue weighted by Gasteiger charge is 2.39. The van der Waals surface area contributed by atoms with Crippen molar-refractivity contribution in [3.05, 3.63) is 11.9 Å². The van der Waals surface area contributed by atoms with E-state index in [1.54, 1.807) is 13.3 Å². The predicted molar refractivity (Wildman–Crippen MR) is 75.2 cm³/mol. The molecule has 0 amide bonds. The number of rotatable bonds is 4. The molecule has 1 saturated carbocycles. The van der Waals surface area contributed by atoms with E-state index in [1.807, 2.05) is 11.6 Å². The summed E-state index contributed by atoms with van der Waals surface area (Å²) in [5.74, 6) is 0.980. The second-order valence-electron chi connectivity index (χ2n) is 6.20. The first-order chi connectivity index (χ1) is 9.01. The highest BCUT2D eigenvalue weighted by atomic mass is 16.5. The normalized spacial score (nSPS) is 24.2. The number of methoxy groups -OCH3 is 1. The van der Waals surface area contributed by atoms with Crippen molar-refractivity contribution in [2.45, 2.75) is 59.1 Å². The summed E-state index contributed by atoms with van der Waals surface area (Å²) < 4.78 is 7.22. The summed E-state index contributed by atoms with van der Waals surface area (Å²) in [6.45, 7) is 7.32. The van der Waals surface area contributed by atoms with Gasteiger partial charge in [0.05, 0.1) is 13.3 Å². The summed E-state index contributed by atoms with van der Waals surface area (Å²) in [6.07, 6.45) is 5.93. The molecule has 0 bridgehead atoms. The summed E-state index contributed by atoms with van der Waals surface area (Å²) in [5.41, 5.74) is 1.01. The number of hydrogen-bond acceptors (Lipinski definition) is 3. The minimum atomic E-state index is -0.493. The fourth-order valence-electron chi connectivity index (χ4n) is 3.38. The van der Waals surface area contributed by atoms with Gasteiger partial charge in [0.25, 0.3) is 0 Å². The van der Waals surface area contributed by atoms with Crippen LogP contribution in [0.4, 0.5) is 0 Å². The number of aliphatic hydroxyl groups is 1. The molecule has 0 spiro atoms. The van der Waals surface area contributed by atoms with Crippen LogP contribution in [0.3, 0.4) is 0 Å². The van der Waals surface area contributed by atoms with Crippen molar-refractivity contribution in [3.63, 3.8) is 0 Å². The second-order valence-corrected chi connectivity index (χ2v) is 6.20. The zero-order chi connectivity index (χ0) is 14.0. The van der Waals surface area contributed by atoms with Crippen LogP contribution in [-0.2, 0) is 6.54 Å². The van der Waals surface area contributed by atoms with E-state index >= 15 is 0 Å². The minimum Gasteiger partial charge on any atom is -0.493 e. The van der Waals surface area contributed by atoms with Gasteiger partial charge in [0.2, 0.25) is 0 Å². The molecule has 1 heterocycles. The summed E-state index contributed by atoms with van der Waals surface area (Å²) in [5, 5.41) is 15.2. The van der Waals surface area contributed by atoms with E-state index in [-0.39, 0.29) is 11.3 Å². The summed E-state index contributed by atoms with van der Waals surface area (Å²) in [4.78, 5) is 0. The van der Waals surface area contributed by atoms with Gasteiger partial charge >= 0.3 is 0 Å². The van der Waals surface area contributed by atoms with Gasteiger partial charge in [-0.3, -0.25) is 4.68 Å². The van der Waals surface area contributed by atoms with Crippen LogP contribution in [0.15, 0.2) is 6.20 Å². The molecule has 4 heteroatoms. The maximum Gasteiger partial charge on any atom is 0.162 e. The van der Waals surface area contributed by atoms with E-state index < -0.39 is 6.10 Å². The lowest BCUT2D eigenvalue weighted by molar-refractivity contribution is -0.00218. The Kier molecular flexibility index (Phi) is 4.19. The van der Waals surface area contributed by atoms with Gasteiger partial charge in [-0.25, -0.2) is 0 Å². The van der Waals surface area contributed by atoms with E-state index in [1.165, 1.54) is 19.3 Å². The van der Waals surface area contributed by atoms with E-state index in [0.717, 1.165) is 18.7 Å². The molecule has 0 radical (unpaired) electrons. The van der Waals surface area contributed by atoms with Crippen LogP contribution in [0.5, 0.6) is 5.75 Å². The van der Waals surface area contributed by atoms with Crippen LogP contribution < -0.4 is 4.74 Å². The largest absolute Gasteiger partial charge is 0.493 e. The topological polar surface area (TPSA) is 47.3 Å². The van der Waals surface area contributed by atoms with Gasteiger partial charge in [-0.1, -0.05) is 26.7 Å². The van der Waals surface area contributed by atoms with Crippen molar-refractivity contribution >= 4 is 0 Å². The Hall–Kier alpha value is -1.03. The Balaban J connectivity index is 2.32. The molecule has 1 aromatic rings. The Morgan fingerprint density at radius 3 is 2.84 bits per heavy atom. The van der Waals surface area contributed by atoms with Gasteiger partial charge in [-0.15, -0.1) is 0 Å². The summed E-state index contributed by atoms with van der Waals surface area (Å²) >= 11 is 0. The zero-order valence-corrected chi connectivity index (χ0v) is 12.5. The minimum absolute atomic E-state index is 0.172. The second kappa shape index (κ2) is 5.53. The smallest absolute Gasteiger partial charge is 0.162 e. The van der Waals surface area contributed by atoms with Crippen LogP contribution in [0.2, 0.25) is 0 Å². The molecule has 2 rings (SSSR count). The highest BCUT2D eigenvalue weighted by molar-refractivity contribution is 5.28. The van der Waals surface area contributed by atoms with Gasteiger partial charge in [0.1, 0.15) is 11.8 Å². The number of ether oxygens (including phenoxy) is 1. The third-order valence-corrected chi connectivity index (χ3v) is 4.62. The third kappa shape index (κ3) is 2.64. The van der Waals surface area contributed by atoms with Crippen LogP contribution in [0, 0.1) is 11.3 Å². The van der Waals surface area contributed by atoms with Gasteiger partial charge in [-0.2, -0.15) is 5.10 Å². The first kappa shape index (κ1) is 14.4. The van der Waals surface area contributed by atoms with Gasteiger partial charge in [0, 0.05) is 6.54 Å². The molecule has 1 aliphatic carbocycles. The molecule has 1 N–H and O–H groups in total. The van der Waals surface area contributed by atoms with Crippen molar-refractivity contribution in [2.75, 3.05) is 7.11 Å². The Labute approximate surface area is 115 Å². The molecular weight excluding hydrogens is 240 g/mol. The van der Waals surface area contributed by atoms with Crippen molar-refractivity contribution < 1.29 is 9.84 Å². The molecule has 1 fully saturated rings. The lowest BCUT2D eigenvalue weighted by atomic mass is 9.66. The average Bonchev–Trinajstić information content (AvgIpc) is 2.80. The van der Waals surface area contributed by atoms with Gasteiger partial charge in [-0.05, 0) is 31.1 Å². The standard InChI is InChI=1S/C15H26N2O2/c1-5-17-13(12(19-4)10-16-17)14(18)11-8-6-7-9-15(11,2)3/h10-11,14,18H,5-9H2,1-4H3. The fourth-order valence-corrected chi connectivity index (χ4v) is 3.38. The lowest BCUT2D eigenvalue weighted by Crippen LogP contribution is -2.33. The molecule has 2 unspecified atom stereocenters. The van der Waals surface area contributed by atoms with E-state index in [9.17, 15) is 5.11 Å². The molecule has 0 aromatic carbocycles. The molecule has 0 saturated heterocycles.